The zero-order valence-corrected chi connectivity index (χ0v) is 14.9. The van der Waals surface area contributed by atoms with Crippen molar-refractivity contribution in [2.45, 2.75) is 39.1 Å². The molecule has 0 spiro atoms. The van der Waals surface area contributed by atoms with Crippen molar-refractivity contribution in [2.24, 2.45) is 11.8 Å². The van der Waals surface area contributed by atoms with Crippen LogP contribution in [-0.2, 0) is 16.6 Å². The fourth-order valence-electron chi connectivity index (χ4n) is 1.92. The minimum Gasteiger partial charge on any atom is -0.316 e. The molecule has 0 bridgehead atoms. The highest BCUT2D eigenvalue weighted by atomic mass is 35.5. The fraction of sp³-hybridized carbons (Fsp3) is 0.600. The van der Waals surface area contributed by atoms with Crippen molar-refractivity contribution >= 4 is 21.6 Å². The van der Waals surface area contributed by atoms with Crippen LogP contribution in [0.1, 0.15) is 31.9 Å². The molecule has 0 radical (unpaired) electrons. The maximum Gasteiger partial charge on any atom is 0.240 e. The number of halogens is 1. The predicted molar refractivity (Wildman–Crippen MR) is 88.1 cm³/mol. The molecule has 120 valence electrons. The van der Waals surface area contributed by atoms with Gasteiger partial charge in [-0.15, -0.1) is 0 Å². The van der Waals surface area contributed by atoms with Crippen LogP contribution >= 0.6 is 11.6 Å². The molecule has 0 aromatic heterocycles. The molecule has 6 heteroatoms. The van der Waals surface area contributed by atoms with Crippen LogP contribution in [0.2, 0.25) is 5.02 Å². The Balaban J connectivity index is 3.08. The molecule has 1 rings (SSSR count). The van der Waals surface area contributed by atoms with Crippen molar-refractivity contribution in [2.75, 3.05) is 13.6 Å². The third-order valence-electron chi connectivity index (χ3n) is 3.82. The van der Waals surface area contributed by atoms with Crippen molar-refractivity contribution in [1.29, 1.82) is 0 Å². The van der Waals surface area contributed by atoms with E-state index < -0.39 is 10.0 Å². The monoisotopic (exact) mass is 332 g/mol. The van der Waals surface area contributed by atoms with Crippen LogP contribution < -0.4 is 10.0 Å². The third kappa shape index (κ3) is 4.95. The van der Waals surface area contributed by atoms with Gasteiger partial charge in [-0.3, -0.25) is 0 Å². The summed E-state index contributed by atoms with van der Waals surface area (Å²) in [6.07, 6.45) is 0. The second kappa shape index (κ2) is 7.58. The molecule has 1 aromatic rings. The molecular formula is C15H25ClN2O2S. The second-order valence-corrected chi connectivity index (χ2v) is 7.96. The van der Waals surface area contributed by atoms with Crippen LogP contribution in [0.15, 0.2) is 17.0 Å². The average Bonchev–Trinajstić information content (AvgIpc) is 2.39. The molecule has 2 N–H and O–H groups in total. The van der Waals surface area contributed by atoms with Crippen LogP contribution in [0.25, 0.3) is 0 Å². The molecule has 4 nitrogen and oxygen atoms in total. The highest BCUT2D eigenvalue weighted by Crippen LogP contribution is 2.24. The lowest BCUT2D eigenvalue weighted by Gasteiger charge is -2.18. The molecule has 21 heavy (non-hydrogen) atoms. The summed E-state index contributed by atoms with van der Waals surface area (Å²) >= 11 is 6.06. The predicted octanol–water partition coefficient (Wildman–Crippen LogP) is 2.94. The first-order valence-corrected chi connectivity index (χ1v) is 8.98. The Kier molecular flexibility index (Phi) is 6.66. The summed E-state index contributed by atoms with van der Waals surface area (Å²) in [7, 11) is -1.73. The molecule has 0 saturated heterocycles. The number of benzene rings is 1. The Bertz CT molecular complexity index is 586. The van der Waals surface area contributed by atoms with E-state index in [0.717, 1.165) is 11.1 Å². The Morgan fingerprint density at radius 2 is 1.86 bits per heavy atom. The highest BCUT2D eigenvalue weighted by molar-refractivity contribution is 7.89. The van der Waals surface area contributed by atoms with Gasteiger partial charge in [0, 0.05) is 18.1 Å². The number of rotatable bonds is 7. The topological polar surface area (TPSA) is 58.2 Å². The van der Waals surface area contributed by atoms with E-state index >= 15 is 0 Å². The largest absolute Gasteiger partial charge is 0.316 e. The van der Waals surface area contributed by atoms with E-state index in [4.69, 9.17) is 11.6 Å². The summed E-state index contributed by atoms with van der Waals surface area (Å²) in [4.78, 5) is 0.260. The van der Waals surface area contributed by atoms with Crippen LogP contribution in [-0.4, -0.2) is 22.0 Å². The third-order valence-corrected chi connectivity index (χ3v) is 5.59. The maximum atomic E-state index is 12.5. The zero-order chi connectivity index (χ0) is 16.2. The normalized spacial score (nSPS) is 13.7. The van der Waals surface area contributed by atoms with Crippen LogP contribution in [0.3, 0.4) is 0 Å². The molecule has 1 aromatic carbocycles. The molecular weight excluding hydrogens is 308 g/mol. The number of nitrogens with one attached hydrogen (secondary N) is 2. The van der Waals surface area contributed by atoms with E-state index in [0.29, 0.717) is 24.0 Å². The summed E-state index contributed by atoms with van der Waals surface area (Å²) in [5.41, 5.74) is 1.63. The lowest BCUT2D eigenvalue weighted by Crippen LogP contribution is -2.31. The lowest BCUT2D eigenvalue weighted by atomic mass is 9.99. The first-order chi connectivity index (χ1) is 9.69. The first kappa shape index (κ1) is 18.4. The van der Waals surface area contributed by atoms with Gasteiger partial charge in [0.1, 0.15) is 0 Å². The molecule has 0 heterocycles. The van der Waals surface area contributed by atoms with E-state index in [1.54, 1.807) is 6.07 Å². The number of sulfonamides is 1. The van der Waals surface area contributed by atoms with Crippen molar-refractivity contribution in [1.82, 2.24) is 10.0 Å². The quantitative estimate of drug-likeness (QED) is 0.807. The Labute approximate surface area is 133 Å². The van der Waals surface area contributed by atoms with Crippen molar-refractivity contribution < 1.29 is 8.42 Å². The Morgan fingerprint density at radius 1 is 1.24 bits per heavy atom. The maximum absolute atomic E-state index is 12.5. The SMILES string of the molecule is CNCc1cc(Cl)cc(S(=O)(=O)NCC(C)C(C)C)c1C. The van der Waals surface area contributed by atoms with E-state index in [-0.39, 0.29) is 10.8 Å². The van der Waals surface area contributed by atoms with Crippen molar-refractivity contribution in [3.63, 3.8) is 0 Å². The Morgan fingerprint density at radius 3 is 2.38 bits per heavy atom. The molecule has 0 fully saturated rings. The molecule has 0 aliphatic heterocycles. The zero-order valence-electron chi connectivity index (χ0n) is 13.3. The molecule has 0 saturated carbocycles. The van der Waals surface area contributed by atoms with Crippen molar-refractivity contribution in [3.8, 4) is 0 Å². The minimum atomic E-state index is -3.55. The minimum absolute atomic E-state index is 0.260. The smallest absolute Gasteiger partial charge is 0.240 e. The van der Waals surface area contributed by atoms with Crippen molar-refractivity contribution in [3.05, 3.63) is 28.3 Å². The van der Waals surface area contributed by atoms with Crippen LogP contribution in [0.4, 0.5) is 0 Å². The van der Waals surface area contributed by atoms with Gasteiger partial charge in [-0.05, 0) is 49.1 Å². The van der Waals surface area contributed by atoms with Gasteiger partial charge in [-0.1, -0.05) is 32.4 Å². The molecule has 1 atom stereocenters. The van der Waals surface area contributed by atoms with Gasteiger partial charge in [-0.2, -0.15) is 0 Å². The first-order valence-electron chi connectivity index (χ1n) is 7.12. The number of hydrogen-bond acceptors (Lipinski definition) is 3. The van der Waals surface area contributed by atoms with E-state index in [1.807, 2.05) is 20.9 Å². The van der Waals surface area contributed by atoms with Gasteiger partial charge in [-0.25, -0.2) is 13.1 Å². The molecule has 1 unspecified atom stereocenters. The molecule has 0 amide bonds. The standard InChI is InChI=1S/C15H25ClN2O2S/c1-10(2)11(3)8-18-21(19,20)15-7-14(16)6-13(9-17-5)12(15)4/h6-7,10-11,17-18H,8-9H2,1-5H3. The van der Waals surface area contributed by atoms with Crippen LogP contribution in [0, 0.1) is 18.8 Å². The van der Waals surface area contributed by atoms with Gasteiger partial charge in [0.05, 0.1) is 4.90 Å². The van der Waals surface area contributed by atoms with Gasteiger partial charge >= 0.3 is 0 Å². The second-order valence-electron chi connectivity index (χ2n) is 5.79. The van der Waals surface area contributed by atoms with Gasteiger partial charge < -0.3 is 5.32 Å². The number of hydrogen-bond donors (Lipinski definition) is 2. The fourth-order valence-corrected chi connectivity index (χ4v) is 3.68. The summed E-state index contributed by atoms with van der Waals surface area (Å²) in [6, 6.07) is 3.31. The van der Waals surface area contributed by atoms with Gasteiger partial charge in [0.2, 0.25) is 10.0 Å². The summed E-state index contributed by atoms with van der Waals surface area (Å²) in [5, 5.41) is 3.46. The lowest BCUT2D eigenvalue weighted by molar-refractivity contribution is 0.414. The summed E-state index contributed by atoms with van der Waals surface area (Å²) in [6.45, 7) is 9.00. The van der Waals surface area contributed by atoms with E-state index in [9.17, 15) is 8.42 Å². The van der Waals surface area contributed by atoms with E-state index in [2.05, 4.69) is 23.9 Å². The molecule has 0 aliphatic rings. The van der Waals surface area contributed by atoms with E-state index in [1.165, 1.54) is 6.07 Å². The van der Waals surface area contributed by atoms with Gasteiger partial charge in [0.15, 0.2) is 0 Å². The van der Waals surface area contributed by atoms with Gasteiger partial charge in [0.25, 0.3) is 0 Å². The Hall–Kier alpha value is -0.620. The molecule has 0 aliphatic carbocycles. The summed E-state index contributed by atoms with van der Waals surface area (Å²) in [5.74, 6) is 0.698. The van der Waals surface area contributed by atoms with Crippen LogP contribution in [0.5, 0.6) is 0 Å². The highest BCUT2D eigenvalue weighted by Gasteiger charge is 2.20. The summed E-state index contributed by atoms with van der Waals surface area (Å²) < 4.78 is 27.7. The average molecular weight is 333 g/mol.